The van der Waals surface area contributed by atoms with Crippen LogP contribution in [0.4, 0.5) is 0 Å². The molecular weight excluding hydrogens is 318 g/mol. The quantitative estimate of drug-likeness (QED) is 0.865. The molecule has 0 aromatic heterocycles. The van der Waals surface area contributed by atoms with Crippen LogP contribution in [0.1, 0.15) is 12.0 Å². The summed E-state index contributed by atoms with van der Waals surface area (Å²) in [5.74, 6) is -0.793. The van der Waals surface area contributed by atoms with E-state index in [9.17, 15) is 9.59 Å². The van der Waals surface area contributed by atoms with E-state index in [2.05, 4.69) is 21.2 Å². The van der Waals surface area contributed by atoms with Gasteiger partial charge in [0.25, 0.3) is 0 Å². The van der Waals surface area contributed by atoms with Crippen molar-refractivity contribution < 1.29 is 9.59 Å². The Hall–Kier alpha value is -1.68. The maximum Gasteiger partial charge on any atom is 0.237 e. The summed E-state index contributed by atoms with van der Waals surface area (Å²) in [5.41, 5.74) is 0.444. The predicted octanol–water partition coefficient (Wildman–Crippen LogP) is 2.73. The zero-order valence-electron chi connectivity index (χ0n) is 10.8. The van der Waals surface area contributed by atoms with Crippen molar-refractivity contribution in [1.82, 2.24) is 5.32 Å². The summed E-state index contributed by atoms with van der Waals surface area (Å²) >= 11 is 3.38. The smallest absolute Gasteiger partial charge is 0.237 e. The van der Waals surface area contributed by atoms with Crippen LogP contribution in [-0.4, -0.2) is 11.8 Å². The van der Waals surface area contributed by atoms with Crippen molar-refractivity contribution in [3.63, 3.8) is 0 Å². The van der Waals surface area contributed by atoms with Crippen molar-refractivity contribution in [2.75, 3.05) is 0 Å². The minimum atomic E-state index is -0.732. The van der Waals surface area contributed by atoms with Gasteiger partial charge in [0.05, 0.1) is 11.3 Å². The zero-order chi connectivity index (χ0) is 14.2. The molecule has 1 aromatic rings. The molecule has 1 aliphatic heterocycles. The van der Waals surface area contributed by atoms with Gasteiger partial charge < -0.3 is 0 Å². The van der Waals surface area contributed by atoms with Crippen molar-refractivity contribution in [3.8, 4) is 0 Å². The zero-order valence-corrected chi connectivity index (χ0v) is 12.4. The van der Waals surface area contributed by atoms with Gasteiger partial charge in [-0.25, -0.2) is 0 Å². The molecule has 3 rings (SSSR count). The number of carbonyl (C=O) groups is 2. The molecule has 20 heavy (non-hydrogen) atoms. The fourth-order valence-electron chi connectivity index (χ4n) is 2.88. The minimum absolute atomic E-state index is 0.184. The van der Waals surface area contributed by atoms with E-state index in [1.54, 1.807) is 0 Å². The van der Waals surface area contributed by atoms with Gasteiger partial charge in [0.15, 0.2) is 0 Å². The monoisotopic (exact) mass is 331 g/mol. The third-order valence-corrected chi connectivity index (χ3v) is 4.56. The van der Waals surface area contributed by atoms with Crippen molar-refractivity contribution in [2.45, 2.75) is 12.8 Å². The summed E-state index contributed by atoms with van der Waals surface area (Å²) in [6.07, 6.45) is 6.95. The first-order valence-corrected chi connectivity index (χ1v) is 7.37. The number of imide groups is 1. The standard InChI is InChI=1S/C16H14BrNO2/c17-12-7-9-16(8-6-11-4-2-1-3-5-11)13(10-12)14(19)18-15(16)20/h1-5,7,9-10,13H,6,8H2,(H,18,19,20). The summed E-state index contributed by atoms with van der Waals surface area (Å²) < 4.78 is 0.850. The Morgan fingerprint density at radius 1 is 1.20 bits per heavy atom. The largest absolute Gasteiger partial charge is 0.295 e. The van der Waals surface area contributed by atoms with Gasteiger partial charge in [-0.1, -0.05) is 64.5 Å². The maximum absolute atomic E-state index is 12.2. The molecule has 1 aliphatic carbocycles. The molecule has 102 valence electrons. The highest BCUT2D eigenvalue weighted by atomic mass is 79.9. The van der Waals surface area contributed by atoms with Crippen LogP contribution >= 0.6 is 15.9 Å². The molecule has 2 aliphatic rings. The van der Waals surface area contributed by atoms with Crippen molar-refractivity contribution in [3.05, 3.63) is 58.6 Å². The molecular formula is C16H14BrNO2. The average Bonchev–Trinajstić information content (AvgIpc) is 2.70. The normalized spacial score (nSPS) is 28.1. The van der Waals surface area contributed by atoms with E-state index in [1.165, 1.54) is 5.56 Å². The second-order valence-corrected chi connectivity index (χ2v) is 6.12. The summed E-state index contributed by atoms with van der Waals surface area (Å²) in [5, 5.41) is 2.46. The number of nitrogens with one attached hydrogen (secondary N) is 1. The highest BCUT2D eigenvalue weighted by molar-refractivity contribution is 9.11. The molecule has 0 radical (unpaired) electrons. The molecule has 0 spiro atoms. The summed E-state index contributed by atoms with van der Waals surface area (Å²) in [4.78, 5) is 24.2. The van der Waals surface area contributed by atoms with Gasteiger partial charge in [-0.2, -0.15) is 0 Å². The van der Waals surface area contributed by atoms with Crippen LogP contribution in [0.15, 0.2) is 53.0 Å². The Morgan fingerprint density at radius 2 is 1.95 bits per heavy atom. The van der Waals surface area contributed by atoms with Gasteiger partial charge in [0.2, 0.25) is 11.8 Å². The lowest BCUT2D eigenvalue weighted by Crippen LogP contribution is -2.34. The molecule has 3 nitrogen and oxygen atoms in total. The van der Waals surface area contributed by atoms with Crippen LogP contribution in [0.2, 0.25) is 0 Å². The van der Waals surface area contributed by atoms with Gasteiger partial charge in [-0.05, 0) is 18.4 Å². The Bertz CT molecular complexity index is 621. The van der Waals surface area contributed by atoms with E-state index in [1.807, 2.05) is 48.6 Å². The van der Waals surface area contributed by atoms with Gasteiger partial charge in [-0.3, -0.25) is 14.9 Å². The Kier molecular flexibility index (Phi) is 3.34. The topological polar surface area (TPSA) is 46.2 Å². The second kappa shape index (κ2) is 5.02. The average molecular weight is 332 g/mol. The minimum Gasteiger partial charge on any atom is -0.295 e. The highest BCUT2D eigenvalue weighted by Crippen LogP contribution is 2.44. The number of benzene rings is 1. The lowest BCUT2D eigenvalue weighted by atomic mass is 9.71. The number of amides is 2. The van der Waals surface area contributed by atoms with E-state index in [4.69, 9.17) is 0 Å². The molecule has 1 fully saturated rings. The number of carbonyl (C=O) groups excluding carboxylic acids is 2. The number of halogens is 1. The summed E-state index contributed by atoms with van der Waals surface area (Å²) in [7, 11) is 0. The molecule has 2 unspecified atom stereocenters. The van der Waals surface area contributed by atoms with Gasteiger partial charge >= 0.3 is 0 Å². The lowest BCUT2D eigenvalue weighted by Gasteiger charge is -2.29. The SMILES string of the molecule is O=C1NC(=O)C2(CCc3ccccc3)C=CC(Br)=CC12. The Labute approximate surface area is 125 Å². The molecule has 1 heterocycles. The van der Waals surface area contributed by atoms with Crippen LogP contribution in [0.5, 0.6) is 0 Å². The van der Waals surface area contributed by atoms with Crippen LogP contribution in [0, 0.1) is 11.3 Å². The maximum atomic E-state index is 12.2. The molecule has 2 amide bonds. The fourth-order valence-corrected chi connectivity index (χ4v) is 3.27. The van der Waals surface area contributed by atoms with Crippen molar-refractivity contribution in [2.24, 2.45) is 11.3 Å². The number of hydrogen-bond acceptors (Lipinski definition) is 2. The van der Waals surface area contributed by atoms with E-state index in [0.29, 0.717) is 6.42 Å². The van der Waals surface area contributed by atoms with Crippen LogP contribution in [0.3, 0.4) is 0 Å². The molecule has 1 aromatic carbocycles. The second-order valence-electron chi connectivity index (χ2n) is 5.21. The third-order valence-electron chi connectivity index (χ3n) is 4.03. The molecule has 4 heteroatoms. The first kappa shape index (κ1) is 13.3. The van der Waals surface area contributed by atoms with E-state index in [-0.39, 0.29) is 11.8 Å². The van der Waals surface area contributed by atoms with E-state index < -0.39 is 11.3 Å². The van der Waals surface area contributed by atoms with Crippen molar-refractivity contribution in [1.29, 1.82) is 0 Å². The lowest BCUT2D eigenvalue weighted by molar-refractivity contribution is -0.127. The fraction of sp³-hybridized carbons (Fsp3) is 0.250. The molecule has 1 saturated heterocycles. The molecule has 2 atom stereocenters. The van der Waals surface area contributed by atoms with Gasteiger partial charge in [-0.15, -0.1) is 0 Å². The summed E-state index contributed by atoms with van der Waals surface area (Å²) in [6, 6.07) is 10.0. The first-order chi connectivity index (χ1) is 9.62. The molecule has 0 bridgehead atoms. The highest BCUT2D eigenvalue weighted by Gasteiger charge is 2.53. The van der Waals surface area contributed by atoms with Crippen molar-refractivity contribution >= 4 is 27.7 Å². The number of aryl methyl sites for hydroxylation is 1. The van der Waals surface area contributed by atoms with Crippen LogP contribution in [-0.2, 0) is 16.0 Å². The van der Waals surface area contributed by atoms with E-state index in [0.717, 1.165) is 10.9 Å². The number of rotatable bonds is 3. The van der Waals surface area contributed by atoms with E-state index >= 15 is 0 Å². The number of allylic oxidation sites excluding steroid dienone is 2. The summed E-state index contributed by atoms with van der Waals surface area (Å²) in [6.45, 7) is 0. The van der Waals surface area contributed by atoms with Gasteiger partial charge in [0.1, 0.15) is 0 Å². The Balaban J connectivity index is 1.87. The predicted molar refractivity (Wildman–Crippen MR) is 80.0 cm³/mol. The van der Waals surface area contributed by atoms with Gasteiger partial charge in [0, 0.05) is 4.48 Å². The van der Waals surface area contributed by atoms with Crippen LogP contribution < -0.4 is 5.32 Å². The molecule has 0 saturated carbocycles. The Morgan fingerprint density at radius 3 is 2.70 bits per heavy atom. The van der Waals surface area contributed by atoms with Crippen LogP contribution in [0.25, 0.3) is 0 Å². The third kappa shape index (κ3) is 2.14. The molecule has 1 N–H and O–H groups in total. The number of fused-ring (bicyclic) bond motifs is 1. The number of hydrogen-bond donors (Lipinski definition) is 1. The first-order valence-electron chi connectivity index (χ1n) is 6.58.